The number of carbonyl (C=O) groups is 2. The smallest absolute Gasteiger partial charge is 0.317 e. The van der Waals surface area contributed by atoms with Crippen LogP contribution in [0.15, 0.2) is 0 Å². The molecular formula is C21H35N3O4. The summed E-state index contributed by atoms with van der Waals surface area (Å²) in [4.78, 5) is 28.0. The fraction of sp³-hybridized carbons (Fsp3) is 0.905. The number of fused-ring (bicyclic) bond motifs is 3. The number of likely N-dealkylation sites (N-methyl/N-ethyl adjacent to an activating group) is 1. The minimum Gasteiger partial charge on any atom is -0.480 e. The van der Waals surface area contributed by atoms with Gasteiger partial charge in [0.25, 0.3) is 0 Å². The highest BCUT2D eigenvalue weighted by molar-refractivity contribution is 5.75. The van der Waals surface area contributed by atoms with Crippen molar-refractivity contribution in [1.29, 1.82) is 0 Å². The summed E-state index contributed by atoms with van der Waals surface area (Å²) in [6, 6.07) is 0.412. The van der Waals surface area contributed by atoms with E-state index in [0.717, 1.165) is 31.7 Å². The highest BCUT2D eigenvalue weighted by atomic mass is 16.5. The van der Waals surface area contributed by atoms with Crippen molar-refractivity contribution in [2.75, 3.05) is 26.2 Å². The predicted octanol–water partition coefficient (Wildman–Crippen LogP) is 2.30. The lowest BCUT2D eigenvalue weighted by Gasteiger charge is -2.52. The van der Waals surface area contributed by atoms with E-state index in [2.05, 4.69) is 19.2 Å². The van der Waals surface area contributed by atoms with E-state index in [0.29, 0.717) is 19.0 Å². The molecule has 4 aliphatic rings. The lowest BCUT2D eigenvalue weighted by molar-refractivity contribution is -0.208. The van der Waals surface area contributed by atoms with E-state index in [9.17, 15) is 9.59 Å². The maximum Gasteiger partial charge on any atom is 0.317 e. The fourth-order valence-electron chi connectivity index (χ4n) is 6.25. The zero-order chi connectivity index (χ0) is 20.1. The molecule has 1 saturated heterocycles. The molecule has 2 bridgehead atoms. The topological polar surface area (TPSA) is 82.1 Å². The molecule has 158 valence electrons. The van der Waals surface area contributed by atoms with Crippen LogP contribution in [0.3, 0.4) is 0 Å². The van der Waals surface area contributed by atoms with Gasteiger partial charge in [-0.15, -0.1) is 0 Å². The first kappa shape index (κ1) is 20.0. The molecule has 0 aromatic heterocycles. The Labute approximate surface area is 167 Å². The Morgan fingerprint density at radius 1 is 1.21 bits per heavy atom. The largest absolute Gasteiger partial charge is 0.480 e. The molecule has 7 heteroatoms. The van der Waals surface area contributed by atoms with E-state index in [-0.39, 0.29) is 35.9 Å². The molecule has 1 spiro atoms. The average Bonchev–Trinajstić information content (AvgIpc) is 3.14. The molecule has 1 aliphatic heterocycles. The van der Waals surface area contributed by atoms with E-state index >= 15 is 0 Å². The fourth-order valence-corrected chi connectivity index (χ4v) is 6.25. The normalized spacial score (nSPS) is 38.6. The van der Waals surface area contributed by atoms with Gasteiger partial charge >= 0.3 is 12.0 Å². The number of carbonyl (C=O) groups excluding carboxylic acids is 1. The molecule has 3 atom stereocenters. The van der Waals surface area contributed by atoms with Gasteiger partial charge in [-0.1, -0.05) is 6.92 Å². The molecule has 4 fully saturated rings. The summed E-state index contributed by atoms with van der Waals surface area (Å²) in [6.45, 7) is 8.31. The van der Waals surface area contributed by atoms with Crippen LogP contribution in [0, 0.1) is 11.8 Å². The summed E-state index contributed by atoms with van der Waals surface area (Å²) in [6.07, 6.45) is 6.56. The van der Waals surface area contributed by atoms with Crippen molar-refractivity contribution in [3.8, 4) is 0 Å². The first-order chi connectivity index (χ1) is 13.2. The van der Waals surface area contributed by atoms with Gasteiger partial charge in [0.05, 0.1) is 30.8 Å². The van der Waals surface area contributed by atoms with Crippen LogP contribution in [0.4, 0.5) is 4.79 Å². The molecule has 3 saturated carbocycles. The van der Waals surface area contributed by atoms with E-state index in [1.807, 2.05) is 16.7 Å². The summed E-state index contributed by atoms with van der Waals surface area (Å²) < 4.78 is 6.60. The van der Waals surface area contributed by atoms with Crippen molar-refractivity contribution in [3.63, 3.8) is 0 Å². The number of ether oxygens (including phenoxy) is 1. The number of nitrogens with zero attached hydrogens (tertiary/aromatic N) is 2. The van der Waals surface area contributed by atoms with E-state index in [4.69, 9.17) is 9.84 Å². The molecule has 0 radical (unpaired) electrons. The lowest BCUT2D eigenvalue weighted by Crippen LogP contribution is -2.65. The summed E-state index contributed by atoms with van der Waals surface area (Å²) in [5.41, 5.74) is -0.465. The maximum atomic E-state index is 13.0. The standard InChI is InChI=1S/C21H35N3O4/c1-4-23(11-18(25)26)17-8-16(9-17)22-19(27)24-12-20(2,3)28-21(13-24)10-14-5-6-15(21)7-14/h14-17H,4-13H2,1-3H3,(H,22,27)(H,25,26)/t14-,15+,16?,17?,21+/m1/s1. The number of hydrogen-bond acceptors (Lipinski definition) is 4. The zero-order valence-electron chi connectivity index (χ0n) is 17.4. The van der Waals surface area contributed by atoms with Crippen LogP contribution in [-0.2, 0) is 9.53 Å². The number of morpholine rings is 1. The van der Waals surface area contributed by atoms with Crippen molar-refractivity contribution in [2.24, 2.45) is 11.8 Å². The number of carboxylic acid groups (broad SMARTS) is 1. The van der Waals surface area contributed by atoms with Gasteiger partial charge in [-0.3, -0.25) is 9.69 Å². The second-order valence-electron chi connectivity index (χ2n) is 10.1. The molecular weight excluding hydrogens is 358 g/mol. The number of carboxylic acids is 1. The van der Waals surface area contributed by atoms with Gasteiger partial charge in [-0.25, -0.2) is 4.79 Å². The van der Waals surface area contributed by atoms with E-state index in [1.165, 1.54) is 19.3 Å². The quantitative estimate of drug-likeness (QED) is 0.749. The molecule has 1 heterocycles. The number of hydrogen-bond donors (Lipinski definition) is 2. The maximum absolute atomic E-state index is 13.0. The summed E-state index contributed by atoms with van der Waals surface area (Å²) in [5.74, 6) is 0.570. The van der Waals surface area contributed by atoms with Gasteiger partial charge in [0.1, 0.15) is 0 Å². The van der Waals surface area contributed by atoms with Gasteiger partial charge in [0.15, 0.2) is 0 Å². The van der Waals surface area contributed by atoms with Crippen LogP contribution in [0.25, 0.3) is 0 Å². The minimum absolute atomic E-state index is 0.0169. The zero-order valence-corrected chi connectivity index (χ0v) is 17.4. The molecule has 4 rings (SSSR count). The molecule has 28 heavy (non-hydrogen) atoms. The molecule has 2 N–H and O–H groups in total. The van der Waals surface area contributed by atoms with Crippen LogP contribution in [0.1, 0.15) is 59.3 Å². The number of aliphatic carboxylic acids is 1. The number of nitrogens with one attached hydrogen (secondary N) is 1. The SMILES string of the molecule is CCN(CC(=O)O)C1CC(NC(=O)N2CC(C)(C)O[C@@]3(C[C@@H]4CC[C@H]3C4)C2)C1. The minimum atomic E-state index is -0.791. The molecule has 3 aliphatic carbocycles. The van der Waals surface area contributed by atoms with Gasteiger partial charge in [-0.05, 0) is 70.8 Å². The lowest BCUT2D eigenvalue weighted by atomic mass is 9.81. The second-order valence-corrected chi connectivity index (χ2v) is 10.1. The Morgan fingerprint density at radius 3 is 2.54 bits per heavy atom. The molecule has 0 unspecified atom stereocenters. The Balaban J connectivity index is 1.33. The van der Waals surface area contributed by atoms with Crippen LogP contribution in [-0.4, -0.2) is 76.4 Å². The molecule has 0 aromatic carbocycles. The van der Waals surface area contributed by atoms with E-state index in [1.54, 1.807) is 0 Å². The van der Waals surface area contributed by atoms with Crippen LogP contribution in [0.2, 0.25) is 0 Å². The van der Waals surface area contributed by atoms with Gasteiger partial charge in [-0.2, -0.15) is 0 Å². The third-order valence-corrected chi connectivity index (χ3v) is 7.42. The number of amides is 2. The van der Waals surface area contributed by atoms with Crippen molar-refractivity contribution in [1.82, 2.24) is 15.1 Å². The van der Waals surface area contributed by atoms with Gasteiger partial charge in [0.2, 0.25) is 0 Å². The van der Waals surface area contributed by atoms with Crippen LogP contribution >= 0.6 is 0 Å². The Hall–Kier alpha value is -1.34. The first-order valence-corrected chi connectivity index (χ1v) is 10.9. The molecule has 2 amide bonds. The highest BCUT2D eigenvalue weighted by Crippen LogP contribution is 2.55. The first-order valence-electron chi connectivity index (χ1n) is 10.9. The second kappa shape index (κ2) is 7.17. The summed E-state index contributed by atoms with van der Waals surface area (Å²) in [5, 5.41) is 12.2. The predicted molar refractivity (Wildman–Crippen MR) is 105 cm³/mol. The Bertz CT molecular complexity index is 633. The average molecular weight is 394 g/mol. The number of rotatable bonds is 5. The molecule has 7 nitrogen and oxygen atoms in total. The van der Waals surface area contributed by atoms with Crippen molar-refractivity contribution >= 4 is 12.0 Å². The van der Waals surface area contributed by atoms with E-state index < -0.39 is 5.97 Å². The van der Waals surface area contributed by atoms with Crippen LogP contribution in [0.5, 0.6) is 0 Å². The third-order valence-electron chi connectivity index (χ3n) is 7.42. The van der Waals surface area contributed by atoms with Gasteiger partial charge < -0.3 is 20.1 Å². The Morgan fingerprint density at radius 2 is 1.96 bits per heavy atom. The van der Waals surface area contributed by atoms with Crippen molar-refractivity contribution in [3.05, 3.63) is 0 Å². The third kappa shape index (κ3) is 3.75. The van der Waals surface area contributed by atoms with Crippen molar-refractivity contribution < 1.29 is 19.4 Å². The Kier molecular flexibility index (Phi) is 5.11. The van der Waals surface area contributed by atoms with Crippen LogP contribution < -0.4 is 5.32 Å². The monoisotopic (exact) mass is 393 g/mol. The number of urea groups is 1. The molecule has 0 aromatic rings. The highest BCUT2D eigenvalue weighted by Gasteiger charge is 2.57. The van der Waals surface area contributed by atoms with Gasteiger partial charge in [0, 0.05) is 12.1 Å². The summed E-state index contributed by atoms with van der Waals surface area (Å²) in [7, 11) is 0. The van der Waals surface area contributed by atoms with Crippen molar-refractivity contribution in [2.45, 2.75) is 82.6 Å². The summed E-state index contributed by atoms with van der Waals surface area (Å²) >= 11 is 0.